The molecule has 2 heterocycles. The Bertz CT molecular complexity index is 1340. The van der Waals surface area contributed by atoms with Crippen LogP contribution in [0.1, 0.15) is 21.7 Å². The number of thiazole rings is 1. The summed E-state index contributed by atoms with van der Waals surface area (Å²) in [5.74, 6) is -0.229. The molecule has 0 unspecified atom stereocenters. The molecule has 0 saturated carbocycles. The van der Waals surface area contributed by atoms with E-state index in [1.165, 1.54) is 29.8 Å². The van der Waals surface area contributed by atoms with Crippen LogP contribution in [0, 0.1) is 18.8 Å². The van der Waals surface area contributed by atoms with Crippen LogP contribution in [-0.4, -0.2) is 20.4 Å². The van der Waals surface area contributed by atoms with Crippen molar-refractivity contribution in [3.05, 3.63) is 69.3 Å². The first-order valence-electron chi connectivity index (χ1n) is 9.74. The smallest absolute Gasteiger partial charge is 0.416 e. The van der Waals surface area contributed by atoms with Crippen LogP contribution in [0.25, 0.3) is 21.6 Å². The number of ether oxygens (including phenoxy) is 1. The standard InChI is InChI=1S/C22H17F3N4O3S/c1-12-7-16(8-17-20(12)29(11-26-17)9-19(30)28-31)32-10-18-13(2)27-21(33-18)14-3-5-15(6-4-14)22(23,24)25/h3-8,11H,9-10H2,1-2H3. The van der Waals surface area contributed by atoms with Crippen LogP contribution in [0.5, 0.6) is 5.75 Å². The number of alkyl halides is 3. The van der Waals surface area contributed by atoms with Gasteiger partial charge in [-0.2, -0.15) is 13.2 Å². The van der Waals surface area contributed by atoms with E-state index in [2.05, 4.69) is 15.1 Å². The molecule has 0 bridgehead atoms. The molecule has 0 atom stereocenters. The van der Waals surface area contributed by atoms with Gasteiger partial charge in [0.1, 0.15) is 23.9 Å². The number of rotatable bonds is 6. The SMILES string of the molecule is Cc1nc(-c2ccc(C(F)(F)F)cc2)sc1COc1cc(C)c2c(c1)ncn2CC(=O)N=O. The van der Waals surface area contributed by atoms with Gasteiger partial charge in [0.2, 0.25) is 0 Å². The summed E-state index contributed by atoms with van der Waals surface area (Å²) in [6, 6.07) is 8.42. The minimum atomic E-state index is -4.38. The van der Waals surface area contributed by atoms with Gasteiger partial charge in [0, 0.05) is 16.8 Å². The highest BCUT2D eigenvalue weighted by Gasteiger charge is 2.30. The molecule has 2 aromatic carbocycles. The number of hydrogen-bond donors (Lipinski definition) is 0. The number of nitroso groups, excluding NO2 is 1. The number of aromatic nitrogens is 3. The van der Waals surface area contributed by atoms with Crippen LogP contribution < -0.4 is 4.74 Å². The van der Waals surface area contributed by atoms with E-state index in [4.69, 9.17) is 4.74 Å². The molecule has 0 spiro atoms. The lowest BCUT2D eigenvalue weighted by atomic mass is 10.1. The Morgan fingerprint density at radius 1 is 1.18 bits per heavy atom. The molecule has 170 valence electrons. The van der Waals surface area contributed by atoms with Crippen molar-refractivity contribution in [2.75, 3.05) is 0 Å². The van der Waals surface area contributed by atoms with Crippen LogP contribution in [-0.2, 0) is 24.1 Å². The summed E-state index contributed by atoms with van der Waals surface area (Å²) in [6.45, 7) is 3.70. The predicted molar refractivity (Wildman–Crippen MR) is 117 cm³/mol. The minimum Gasteiger partial charge on any atom is -0.488 e. The molecule has 1 amide bonds. The maximum Gasteiger partial charge on any atom is 0.416 e. The summed E-state index contributed by atoms with van der Waals surface area (Å²) in [7, 11) is 0. The van der Waals surface area contributed by atoms with Crippen LogP contribution >= 0.6 is 11.3 Å². The van der Waals surface area contributed by atoms with Gasteiger partial charge in [-0.15, -0.1) is 16.2 Å². The molecule has 33 heavy (non-hydrogen) atoms. The molecule has 0 aliphatic carbocycles. The normalized spacial score (nSPS) is 11.7. The summed E-state index contributed by atoms with van der Waals surface area (Å²) in [5.41, 5.74) is 2.75. The number of amides is 1. The molecule has 0 fully saturated rings. The van der Waals surface area contributed by atoms with Crippen molar-refractivity contribution < 1.29 is 22.7 Å². The number of hydrogen-bond acceptors (Lipinski definition) is 6. The Morgan fingerprint density at radius 3 is 2.58 bits per heavy atom. The van der Waals surface area contributed by atoms with E-state index in [0.29, 0.717) is 27.4 Å². The Hall–Kier alpha value is -3.60. The van der Waals surface area contributed by atoms with Crippen LogP contribution in [0.15, 0.2) is 47.9 Å². The van der Waals surface area contributed by atoms with Gasteiger partial charge in [0.25, 0.3) is 0 Å². The monoisotopic (exact) mass is 474 g/mol. The highest BCUT2D eigenvalue weighted by molar-refractivity contribution is 7.15. The molecule has 4 aromatic rings. The predicted octanol–water partition coefficient (Wildman–Crippen LogP) is 5.67. The number of imidazole rings is 1. The van der Waals surface area contributed by atoms with Crippen molar-refractivity contribution in [2.24, 2.45) is 5.18 Å². The van der Waals surface area contributed by atoms with E-state index in [-0.39, 0.29) is 13.2 Å². The van der Waals surface area contributed by atoms with Gasteiger partial charge in [-0.25, -0.2) is 9.97 Å². The molecule has 4 rings (SSSR count). The summed E-state index contributed by atoms with van der Waals surface area (Å²) < 4.78 is 45.8. The zero-order valence-corrected chi connectivity index (χ0v) is 18.3. The maximum atomic E-state index is 12.8. The van der Waals surface area contributed by atoms with E-state index in [1.54, 1.807) is 16.7 Å². The zero-order valence-electron chi connectivity index (χ0n) is 17.5. The Balaban J connectivity index is 1.51. The second kappa shape index (κ2) is 8.74. The molecular weight excluding hydrogens is 457 g/mol. The molecule has 11 heteroatoms. The average molecular weight is 474 g/mol. The Kier molecular flexibility index (Phi) is 5.98. The first-order chi connectivity index (χ1) is 15.7. The molecule has 0 N–H and O–H groups in total. The first kappa shape index (κ1) is 22.6. The quantitative estimate of drug-likeness (QED) is 0.336. The lowest BCUT2D eigenvalue weighted by molar-refractivity contribution is -0.137. The van der Waals surface area contributed by atoms with Crippen LogP contribution in [0.4, 0.5) is 13.2 Å². The van der Waals surface area contributed by atoms with E-state index in [9.17, 15) is 22.9 Å². The number of carbonyl (C=O) groups excluding carboxylic acids is 1. The fourth-order valence-corrected chi connectivity index (χ4v) is 4.39. The summed E-state index contributed by atoms with van der Waals surface area (Å²) in [5, 5.41) is 3.02. The largest absolute Gasteiger partial charge is 0.488 e. The van der Waals surface area contributed by atoms with Crippen molar-refractivity contribution in [3.8, 4) is 16.3 Å². The van der Waals surface area contributed by atoms with Gasteiger partial charge in [-0.05, 0) is 37.6 Å². The maximum absolute atomic E-state index is 12.8. The molecule has 2 aromatic heterocycles. The van der Waals surface area contributed by atoms with Crippen LogP contribution in [0.3, 0.4) is 0 Å². The summed E-state index contributed by atoms with van der Waals surface area (Å²) >= 11 is 1.35. The Morgan fingerprint density at radius 2 is 1.91 bits per heavy atom. The lowest BCUT2D eigenvalue weighted by Crippen LogP contribution is -2.06. The number of benzene rings is 2. The van der Waals surface area contributed by atoms with Crippen molar-refractivity contribution in [3.63, 3.8) is 0 Å². The summed E-state index contributed by atoms with van der Waals surface area (Å²) in [6.07, 6.45) is -2.92. The summed E-state index contributed by atoms with van der Waals surface area (Å²) in [4.78, 5) is 31.3. The van der Waals surface area contributed by atoms with E-state index in [1.807, 2.05) is 13.8 Å². The number of halogens is 3. The van der Waals surface area contributed by atoms with Crippen LogP contribution in [0.2, 0.25) is 0 Å². The number of carbonyl (C=O) groups is 1. The Labute approximate surface area is 189 Å². The second-order valence-corrected chi connectivity index (χ2v) is 8.44. The molecule has 7 nitrogen and oxygen atoms in total. The highest BCUT2D eigenvalue weighted by atomic mass is 32.1. The van der Waals surface area contributed by atoms with Crippen molar-refractivity contribution >= 4 is 28.3 Å². The highest BCUT2D eigenvalue weighted by Crippen LogP contribution is 2.33. The molecule has 0 radical (unpaired) electrons. The first-order valence-corrected chi connectivity index (χ1v) is 10.6. The van der Waals surface area contributed by atoms with Gasteiger partial charge in [-0.1, -0.05) is 12.1 Å². The fraction of sp³-hybridized carbons (Fsp3) is 0.227. The second-order valence-electron chi connectivity index (χ2n) is 7.36. The molecule has 0 aliphatic rings. The van der Waals surface area contributed by atoms with Crippen molar-refractivity contribution in [2.45, 2.75) is 33.2 Å². The third kappa shape index (κ3) is 4.77. The van der Waals surface area contributed by atoms with E-state index < -0.39 is 17.6 Å². The minimum absolute atomic E-state index is 0.187. The lowest BCUT2D eigenvalue weighted by Gasteiger charge is -2.08. The molecule has 0 saturated heterocycles. The number of nitrogens with zero attached hydrogens (tertiary/aromatic N) is 4. The van der Waals surface area contributed by atoms with Gasteiger partial charge in [0.05, 0.1) is 33.5 Å². The topological polar surface area (TPSA) is 86.4 Å². The third-order valence-electron chi connectivity index (χ3n) is 5.01. The van der Waals surface area contributed by atoms with Gasteiger partial charge in [0.15, 0.2) is 0 Å². The van der Waals surface area contributed by atoms with Crippen molar-refractivity contribution in [1.29, 1.82) is 0 Å². The molecular formula is C22H17F3N4O3S. The van der Waals surface area contributed by atoms with Gasteiger partial charge in [-0.3, -0.25) is 4.79 Å². The molecule has 0 aliphatic heterocycles. The van der Waals surface area contributed by atoms with Gasteiger partial charge >= 0.3 is 12.1 Å². The zero-order chi connectivity index (χ0) is 23.8. The van der Waals surface area contributed by atoms with Crippen molar-refractivity contribution in [1.82, 2.24) is 14.5 Å². The van der Waals surface area contributed by atoms with Gasteiger partial charge < -0.3 is 9.30 Å². The third-order valence-corrected chi connectivity index (χ3v) is 6.19. The van der Waals surface area contributed by atoms with E-state index >= 15 is 0 Å². The van der Waals surface area contributed by atoms with E-state index in [0.717, 1.165) is 28.3 Å². The number of aryl methyl sites for hydroxylation is 2. The number of fused-ring (bicyclic) bond motifs is 1. The average Bonchev–Trinajstić information content (AvgIpc) is 3.35. The fourth-order valence-electron chi connectivity index (χ4n) is 3.40.